The van der Waals surface area contributed by atoms with E-state index in [-0.39, 0.29) is 22.8 Å². The lowest BCUT2D eigenvalue weighted by atomic mass is 9.96. The molecule has 8 heteroatoms. The van der Waals surface area contributed by atoms with E-state index in [1.807, 2.05) is 31.2 Å². The molecule has 0 unspecified atom stereocenters. The van der Waals surface area contributed by atoms with Crippen LogP contribution in [0.2, 0.25) is 0 Å². The first kappa shape index (κ1) is 22.1. The van der Waals surface area contributed by atoms with Gasteiger partial charge in [-0.05, 0) is 61.7 Å². The number of piperidine rings is 1. The van der Waals surface area contributed by atoms with Crippen LogP contribution in [0.3, 0.4) is 0 Å². The van der Waals surface area contributed by atoms with Gasteiger partial charge in [0.25, 0.3) is 0 Å². The van der Waals surface area contributed by atoms with Crippen LogP contribution in [-0.4, -0.2) is 45.9 Å². The monoisotopic (exact) mass is 432 g/mol. The SMILES string of the molecule is COc1ccc([C@H](C)NC(=O)C2CCN(S(=O)(=O)c3ccc(OC)cc3)CC2)cc1. The van der Waals surface area contributed by atoms with Crippen molar-refractivity contribution < 1.29 is 22.7 Å². The molecule has 3 rings (SSSR count). The van der Waals surface area contributed by atoms with Crippen LogP contribution in [0.5, 0.6) is 11.5 Å². The quantitative estimate of drug-likeness (QED) is 0.727. The van der Waals surface area contributed by atoms with Crippen molar-refractivity contribution in [3.63, 3.8) is 0 Å². The fourth-order valence-corrected chi connectivity index (χ4v) is 5.03. The first-order valence-corrected chi connectivity index (χ1v) is 11.4. The van der Waals surface area contributed by atoms with E-state index in [2.05, 4.69) is 5.32 Å². The molecule has 30 heavy (non-hydrogen) atoms. The Morgan fingerprint density at radius 2 is 1.47 bits per heavy atom. The molecule has 1 aliphatic heterocycles. The van der Waals surface area contributed by atoms with Crippen LogP contribution in [0, 0.1) is 5.92 Å². The minimum Gasteiger partial charge on any atom is -0.497 e. The Morgan fingerprint density at radius 3 is 1.97 bits per heavy atom. The maximum absolute atomic E-state index is 12.9. The van der Waals surface area contributed by atoms with Crippen molar-refractivity contribution in [2.45, 2.75) is 30.7 Å². The van der Waals surface area contributed by atoms with Gasteiger partial charge in [-0.2, -0.15) is 4.31 Å². The number of ether oxygens (including phenoxy) is 2. The summed E-state index contributed by atoms with van der Waals surface area (Å²) in [6.07, 6.45) is 0.993. The maximum Gasteiger partial charge on any atom is 0.243 e. The number of amides is 1. The standard InChI is InChI=1S/C22H28N2O5S/c1-16(17-4-6-19(28-2)7-5-17)23-22(25)18-12-14-24(15-13-18)30(26,27)21-10-8-20(29-3)9-11-21/h4-11,16,18H,12-15H2,1-3H3,(H,23,25)/t16-/m0/s1. The number of hydrogen-bond acceptors (Lipinski definition) is 5. The number of methoxy groups -OCH3 is 2. The van der Waals surface area contributed by atoms with Gasteiger partial charge in [0.05, 0.1) is 25.2 Å². The van der Waals surface area contributed by atoms with Crippen molar-refractivity contribution in [3.05, 3.63) is 54.1 Å². The Hall–Kier alpha value is -2.58. The summed E-state index contributed by atoms with van der Waals surface area (Å²) in [6, 6.07) is 13.8. The van der Waals surface area contributed by atoms with Gasteiger partial charge >= 0.3 is 0 Å². The number of hydrogen-bond donors (Lipinski definition) is 1. The van der Waals surface area contributed by atoms with E-state index in [0.29, 0.717) is 31.7 Å². The molecule has 1 amide bonds. The molecular weight excluding hydrogens is 404 g/mol. The molecule has 0 bridgehead atoms. The van der Waals surface area contributed by atoms with E-state index in [4.69, 9.17) is 9.47 Å². The van der Waals surface area contributed by atoms with Crippen molar-refractivity contribution >= 4 is 15.9 Å². The minimum absolute atomic E-state index is 0.0418. The lowest BCUT2D eigenvalue weighted by Crippen LogP contribution is -2.43. The van der Waals surface area contributed by atoms with Gasteiger partial charge in [-0.3, -0.25) is 4.79 Å². The summed E-state index contributed by atoms with van der Waals surface area (Å²) in [5, 5.41) is 3.04. The zero-order chi connectivity index (χ0) is 21.7. The average molecular weight is 433 g/mol. The van der Waals surface area contributed by atoms with Crippen molar-refractivity contribution in [1.82, 2.24) is 9.62 Å². The van der Waals surface area contributed by atoms with Crippen LogP contribution in [0.4, 0.5) is 0 Å². The van der Waals surface area contributed by atoms with E-state index in [1.54, 1.807) is 31.4 Å². The summed E-state index contributed by atoms with van der Waals surface area (Å²) in [5.74, 6) is 1.13. The fourth-order valence-electron chi connectivity index (χ4n) is 3.56. The van der Waals surface area contributed by atoms with E-state index in [0.717, 1.165) is 11.3 Å². The van der Waals surface area contributed by atoms with Crippen molar-refractivity contribution in [1.29, 1.82) is 0 Å². The third-order valence-electron chi connectivity index (χ3n) is 5.50. The summed E-state index contributed by atoms with van der Waals surface area (Å²) in [6.45, 7) is 2.58. The van der Waals surface area contributed by atoms with Crippen LogP contribution in [-0.2, 0) is 14.8 Å². The highest BCUT2D eigenvalue weighted by molar-refractivity contribution is 7.89. The van der Waals surface area contributed by atoms with Crippen LogP contribution in [0.15, 0.2) is 53.4 Å². The smallest absolute Gasteiger partial charge is 0.243 e. The Morgan fingerprint density at radius 1 is 0.967 bits per heavy atom. The molecule has 0 aliphatic carbocycles. The third kappa shape index (κ3) is 4.94. The highest BCUT2D eigenvalue weighted by Gasteiger charge is 2.32. The number of benzene rings is 2. The molecule has 2 aromatic rings. The molecule has 1 aliphatic rings. The first-order valence-electron chi connectivity index (χ1n) is 9.93. The largest absolute Gasteiger partial charge is 0.497 e. The molecule has 1 atom stereocenters. The van der Waals surface area contributed by atoms with Crippen LogP contribution < -0.4 is 14.8 Å². The summed E-state index contributed by atoms with van der Waals surface area (Å²) in [7, 11) is -0.426. The van der Waals surface area contributed by atoms with Crippen LogP contribution in [0.1, 0.15) is 31.4 Å². The number of sulfonamides is 1. The van der Waals surface area contributed by atoms with Crippen LogP contribution >= 0.6 is 0 Å². The molecule has 0 saturated carbocycles. The maximum atomic E-state index is 12.9. The second-order valence-electron chi connectivity index (χ2n) is 7.36. The fraction of sp³-hybridized carbons (Fsp3) is 0.409. The summed E-state index contributed by atoms with van der Waals surface area (Å²) < 4.78 is 37.4. The van der Waals surface area contributed by atoms with Gasteiger partial charge in [0, 0.05) is 19.0 Å². The lowest BCUT2D eigenvalue weighted by molar-refractivity contribution is -0.126. The highest BCUT2D eigenvalue weighted by atomic mass is 32.2. The predicted octanol–water partition coefficient (Wildman–Crippen LogP) is 2.98. The van der Waals surface area contributed by atoms with Gasteiger partial charge < -0.3 is 14.8 Å². The summed E-state index contributed by atoms with van der Waals surface area (Å²) in [4.78, 5) is 12.9. The number of nitrogens with one attached hydrogen (secondary N) is 1. The zero-order valence-corrected chi connectivity index (χ0v) is 18.3. The van der Waals surface area contributed by atoms with Gasteiger partial charge in [-0.15, -0.1) is 0 Å². The molecule has 0 spiro atoms. The lowest BCUT2D eigenvalue weighted by Gasteiger charge is -2.31. The number of carbonyl (C=O) groups excluding carboxylic acids is 1. The molecule has 1 fully saturated rings. The second kappa shape index (κ2) is 9.49. The summed E-state index contributed by atoms with van der Waals surface area (Å²) >= 11 is 0. The molecule has 7 nitrogen and oxygen atoms in total. The number of nitrogens with zero attached hydrogens (tertiary/aromatic N) is 1. The van der Waals surface area contributed by atoms with E-state index in [9.17, 15) is 13.2 Å². The summed E-state index contributed by atoms with van der Waals surface area (Å²) in [5.41, 5.74) is 0.990. The Bertz CT molecular complexity index is 950. The van der Waals surface area contributed by atoms with Crippen molar-refractivity contribution in [3.8, 4) is 11.5 Å². The molecule has 1 saturated heterocycles. The Labute approximate surface area is 178 Å². The van der Waals surface area contributed by atoms with Gasteiger partial charge in [0.15, 0.2) is 0 Å². The molecule has 0 aromatic heterocycles. The van der Waals surface area contributed by atoms with Gasteiger partial charge in [-0.25, -0.2) is 8.42 Å². The zero-order valence-electron chi connectivity index (χ0n) is 17.5. The topological polar surface area (TPSA) is 84.9 Å². The minimum atomic E-state index is -3.57. The number of carbonyl (C=O) groups is 1. The molecule has 2 aromatic carbocycles. The van der Waals surface area contributed by atoms with Crippen molar-refractivity contribution in [2.75, 3.05) is 27.3 Å². The molecule has 0 radical (unpaired) electrons. The predicted molar refractivity (Wildman–Crippen MR) is 114 cm³/mol. The second-order valence-corrected chi connectivity index (χ2v) is 9.30. The molecule has 1 heterocycles. The third-order valence-corrected chi connectivity index (χ3v) is 7.41. The Balaban J connectivity index is 1.56. The van der Waals surface area contributed by atoms with Gasteiger partial charge in [-0.1, -0.05) is 12.1 Å². The van der Waals surface area contributed by atoms with E-state index in [1.165, 1.54) is 11.4 Å². The average Bonchev–Trinajstić information content (AvgIpc) is 2.79. The normalized spacial score (nSPS) is 16.6. The number of rotatable bonds is 7. The molecule has 162 valence electrons. The van der Waals surface area contributed by atoms with E-state index >= 15 is 0 Å². The van der Waals surface area contributed by atoms with Crippen molar-refractivity contribution in [2.24, 2.45) is 5.92 Å². The van der Waals surface area contributed by atoms with E-state index < -0.39 is 10.0 Å². The molecule has 1 N–H and O–H groups in total. The Kier molecular flexibility index (Phi) is 6.99. The first-order chi connectivity index (χ1) is 14.3. The van der Waals surface area contributed by atoms with Crippen LogP contribution in [0.25, 0.3) is 0 Å². The molecular formula is C22H28N2O5S. The van der Waals surface area contributed by atoms with Gasteiger partial charge in [0.1, 0.15) is 11.5 Å². The highest BCUT2D eigenvalue weighted by Crippen LogP contribution is 2.26. The van der Waals surface area contributed by atoms with Gasteiger partial charge in [0.2, 0.25) is 15.9 Å².